The molecule has 1 aliphatic heterocycles. The molecular formula is C26H27ClN2O4. The van der Waals surface area contributed by atoms with E-state index in [-0.39, 0.29) is 29.9 Å². The van der Waals surface area contributed by atoms with Gasteiger partial charge in [-0.3, -0.25) is 9.59 Å². The Balaban J connectivity index is 1.18. The number of hydrogen-bond acceptors (Lipinski definition) is 5. The van der Waals surface area contributed by atoms with E-state index in [1.54, 1.807) is 24.5 Å². The number of benzene rings is 1. The Hall–Kier alpha value is -2.60. The molecule has 2 heterocycles. The molecule has 2 aromatic rings. The first kappa shape index (κ1) is 21.0. The summed E-state index contributed by atoms with van der Waals surface area (Å²) in [5, 5.41) is 6.66. The van der Waals surface area contributed by atoms with Crippen LogP contribution in [0.4, 0.5) is 0 Å². The van der Waals surface area contributed by atoms with Gasteiger partial charge in [-0.25, -0.2) is 5.01 Å². The molecule has 0 saturated heterocycles. The third-order valence-corrected chi connectivity index (χ3v) is 8.26. The zero-order chi connectivity index (χ0) is 22.6. The van der Waals surface area contributed by atoms with Crippen molar-refractivity contribution in [3.8, 4) is 0 Å². The van der Waals surface area contributed by atoms with E-state index < -0.39 is 0 Å². The lowest BCUT2D eigenvalue weighted by Gasteiger charge is -2.55. The smallest absolute Gasteiger partial charge is 0.312 e. The number of hydrogen-bond donors (Lipinski definition) is 0. The van der Waals surface area contributed by atoms with Crippen molar-refractivity contribution < 1.29 is 18.7 Å². The molecule has 4 bridgehead atoms. The highest BCUT2D eigenvalue weighted by Crippen LogP contribution is 2.60. The van der Waals surface area contributed by atoms with Gasteiger partial charge in [-0.15, -0.1) is 0 Å². The molecule has 1 atom stereocenters. The minimum Gasteiger partial charge on any atom is -0.467 e. The quantitative estimate of drug-likeness (QED) is 0.555. The fraction of sp³-hybridized carbons (Fsp3) is 0.500. The molecule has 1 amide bonds. The van der Waals surface area contributed by atoms with Crippen molar-refractivity contribution >= 4 is 29.2 Å². The minimum absolute atomic E-state index is 0.189. The summed E-state index contributed by atoms with van der Waals surface area (Å²) in [6.45, 7) is -0.296. The minimum atomic E-state index is -0.377. The third kappa shape index (κ3) is 3.78. The summed E-state index contributed by atoms with van der Waals surface area (Å²) in [4.78, 5) is 26.4. The van der Waals surface area contributed by atoms with Crippen LogP contribution in [0.25, 0.3) is 0 Å². The van der Waals surface area contributed by atoms with Gasteiger partial charge in [0.1, 0.15) is 11.8 Å². The fourth-order valence-electron chi connectivity index (χ4n) is 6.97. The standard InChI is InChI=1S/C26H27ClN2O4/c27-20-5-3-19(4-6-20)21-11-22(23-2-1-7-32-23)29(28-21)24(30)15-33-25(31)26-12-16-8-17(13-26)10-18(9-16)14-26/h1-7,16-18,22H,8-15H2. The van der Waals surface area contributed by atoms with Gasteiger partial charge in [0.2, 0.25) is 0 Å². The van der Waals surface area contributed by atoms with E-state index in [0.29, 0.717) is 35.0 Å². The topological polar surface area (TPSA) is 72.1 Å². The van der Waals surface area contributed by atoms with Crippen LogP contribution in [0, 0.1) is 23.2 Å². The SMILES string of the molecule is O=C(COC(=O)C12CC3CC(CC(C3)C1)C2)N1N=C(c2ccc(Cl)cc2)CC1c1ccco1. The molecule has 5 aliphatic rings. The van der Waals surface area contributed by atoms with Crippen molar-refractivity contribution in [2.45, 2.75) is 51.0 Å². The number of carbonyl (C=O) groups excluding carboxylic acids is 2. The Morgan fingerprint density at radius 1 is 1.06 bits per heavy atom. The Bertz CT molecular complexity index is 1060. The molecule has 7 rings (SSSR count). The van der Waals surface area contributed by atoms with Gasteiger partial charge in [0.25, 0.3) is 5.91 Å². The number of carbonyl (C=O) groups is 2. The molecule has 6 nitrogen and oxygen atoms in total. The maximum Gasteiger partial charge on any atom is 0.312 e. The first-order valence-electron chi connectivity index (χ1n) is 11.9. The van der Waals surface area contributed by atoms with Crippen molar-refractivity contribution in [2.75, 3.05) is 6.61 Å². The van der Waals surface area contributed by atoms with Crippen LogP contribution in [0.15, 0.2) is 52.2 Å². The van der Waals surface area contributed by atoms with Gasteiger partial charge >= 0.3 is 5.97 Å². The first-order chi connectivity index (χ1) is 16.0. The van der Waals surface area contributed by atoms with E-state index in [9.17, 15) is 9.59 Å². The van der Waals surface area contributed by atoms with Crippen LogP contribution in [0.1, 0.15) is 62.3 Å². The summed E-state index contributed by atoms with van der Waals surface area (Å²) in [7, 11) is 0. The fourth-order valence-corrected chi connectivity index (χ4v) is 7.09. The number of rotatable bonds is 5. The Labute approximate surface area is 197 Å². The highest BCUT2D eigenvalue weighted by atomic mass is 35.5. The van der Waals surface area contributed by atoms with Crippen LogP contribution in [-0.4, -0.2) is 29.2 Å². The van der Waals surface area contributed by atoms with Crippen molar-refractivity contribution in [1.82, 2.24) is 5.01 Å². The third-order valence-electron chi connectivity index (χ3n) is 8.01. The van der Waals surface area contributed by atoms with Crippen molar-refractivity contribution in [3.05, 3.63) is 59.0 Å². The average Bonchev–Trinajstić information content (AvgIpc) is 3.47. The summed E-state index contributed by atoms with van der Waals surface area (Å²) in [5.41, 5.74) is 1.30. The lowest BCUT2D eigenvalue weighted by Crippen LogP contribution is -2.51. The summed E-state index contributed by atoms with van der Waals surface area (Å²) >= 11 is 6.02. The van der Waals surface area contributed by atoms with E-state index in [1.807, 2.05) is 18.2 Å². The second kappa shape index (κ2) is 8.01. The van der Waals surface area contributed by atoms with Crippen molar-refractivity contribution in [3.63, 3.8) is 0 Å². The zero-order valence-corrected chi connectivity index (χ0v) is 19.2. The van der Waals surface area contributed by atoms with Gasteiger partial charge in [0.05, 0.1) is 17.4 Å². The number of amides is 1. The number of nitrogens with zero attached hydrogens (tertiary/aromatic N) is 2. The van der Waals surface area contributed by atoms with Gasteiger partial charge in [0, 0.05) is 11.4 Å². The van der Waals surface area contributed by atoms with Gasteiger partial charge in [-0.05, 0) is 86.1 Å². The summed E-state index contributed by atoms with van der Waals surface area (Å²) in [6.07, 6.45) is 8.64. The predicted molar refractivity (Wildman–Crippen MR) is 122 cm³/mol. The normalized spacial score (nSPS) is 32.2. The lowest BCUT2D eigenvalue weighted by molar-refractivity contribution is -0.174. The second-order valence-electron chi connectivity index (χ2n) is 10.3. The summed E-state index contributed by atoms with van der Waals surface area (Å²) in [6, 6.07) is 10.7. The Morgan fingerprint density at radius 2 is 1.73 bits per heavy atom. The Kier molecular flexibility index (Phi) is 5.09. The van der Waals surface area contributed by atoms with E-state index in [1.165, 1.54) is 24.3 Å². The number of ether oxygens (including phenoxy) is 1. The second-order valence-corrected chi connectivity index (χ2v) is 10.7. The molecule has 4 aliphatic carbocycles. The molecule has 7 heteroatoms. The highest BCUT2D eigenvalue weighted by molar-refractivity contribution is 6.30. The van der Waals surface area contributed by atoms with Crippen molar-refractivity contribution in [2.24, 2.45) is 28.3 Å². The summed E-state index contributed by atoms with van der Waals surface area (Å²) in [5.74, 6) is 2.07. The molecule has 0 spiro atoms. The number of hydrazone groups is 1. The molecule has 1 unspecified atom stereocenters. The van der Waals surface area contributed by atoms with Gasteiger partial charge in [0.15, 0.2) is 6.61 Å². The Morgan fingerprint density at radius 3 is 2.33 bits per heavy atom. The highest BCUT2D eigenvalue weighted by Gasteiger charge is 2.55. The molecule has 1 aromatic carbocycles. The lowest BCUT2D eigenvalue weighted by atomic mass is 9.49. The molecular weight excluding hydrogens is 440 g/mol. The molecule has 1 aromatic heterocycles. The first-order valence-corrected chi connectivity index (χ1v) is 12.2. The molecule has 0 N–H and O–H groups in total. The molecule has 172 valence electrons. The monoisotopic (exact) mass is 466 g/mol. The van der Waals surface area contributed by atoms with Gasteiger partial charge < -0.3 is 9.15 Å². The predicted octanol–water partition coefficient (Wildman–Crippen LogP) is 5.37. The number of halogens is 1. The van der Waals surface area contributed by atoms with Crippen LogP contribution in [0.2, 0.25) is 5.02 Å². The van der Waals surface area contributed by atoms with E-state index in [2.05, 4.69) is 5.10 Å². The van der Waals surface area contributed by atoms with Crippen LogP contribution in [-0.2, 0) is 14.3 Å². The molecule has 4 fully saturated rings. The van der Waals surface area contributed by atoms with E-state index in [4.69, 9.17) is 20.8 Å². The average molecular weight is 467 g/mol. The van der Waals surface area contributed by atoms with Crippen LogP contribution in [0.3, 0.4) is 0 Å². The number of esters is 1. The van der Waals surface area contributed by atoms with E-state index in [0.717, 1.165) is 30.5 Å². The van der Waals surface area contributed by atoms with Crippen LogP contribution >= 0.6 is 11.6 Å². The van der Waals surface area contributed by atoms with Crippen molar-refractivity contribution in [1.29, 1.82) is 0 Å². The van der Waals surface area contributed by atoms with Gasteiger partial charge in [-0.2, -0.15) is 5.10 Å². The van der Waals surface area contributed by atoms with Gasteiger partial charge in [-0.1, -0.05) is 23.7 Å². The maximum atomic E-state index is 13.2. The summed E-state index contributed by atoms with van der Waals surface area (Å²) < 4.78 is 11.3. The number of furan rings is 1. The maximum absolute atomic E-state index is 13.2. The zero-order valence-electron chi connectivity index (χ0n) is 18.4. The molecule has 33 heavy (non-hydrogen) atoms. The largest absolute Gasteiger partial charge is 0.467 e. The molecule has 0 radical (unpaired) electrons. The van der Waals surface area contributed by atoms with Crippen LogP contribution in [0.5, 0.6) is 0 Å². The molecule has 4 saturated carbocycles. The van der Waals surface area contributed by atoms with E-state index >= 15 is 0 Å². The van der Waals surface area contributed by atoms with Crippen LogP contribution < -0.4 is 0 Å².